The van der Waals surface area contributed by atoms with Gasteiger partial charge in [0.1, 0.15) is 17.4 Å². The van der Waals surface area contributed by atoms with Crippen molar-refractivity contribution < 1.29 is 37.3 Å². The number of phenols is 1. The van der Waals surface area contributed by atoms with E-state index in [-0.39, 0.29) is 52.4 Å². The quantitative estimate of drug-likeness (QED) is 0.302. The van der Waals surface area contributed by atoms with E-state index in [2.05, 4.69) is 5.32 Å². The number of halogens is 4. The third-order valence-electron chi connectivity index (χ3n) is 6.72. The summed E-state index contributed by atoms with van der Waals surface area (Å²) in [5, 5.41) is 22.4. The molecule has 4 aromatic rings. The van der Waals surface area contributed by atoms with E-state index in [4.69, 9.17) is 9.84 Å². The number of nitrogens with zero attached hydrogens (tertiary/aromatic N) is 1. The third kappa shape index (κ3) is 4.61. The molecule has 0 aliphatic carbocycles. The lowest BCUT2D eigenvalue weighted by Gasteiger charge is -2.26. The number of rotatable bonds is 6. The first-order valence-electron chi connectivity index (χ1n) is 12.1. The highest BCUT2D eigenvalue weighted by atomic mass is 19.2. The topological polar surface area (TPSA) is 83.7 Å². The number of aliphatic hydroxyl groups is 1. The highest BCUT2D eigenvalue weighted by molar-refractivity contribution is 6.04. The van der Waals surface area contributed by atoms with Crippen molar-refractivity contribution in [2.45, 2.75) is 18.8 Å². The molecule has 0 unspecified atom stereocenters. The number of fused-ring (bicyclic) bond motifs is 1. The first-order chi connectivity index (χ1) is 18.3. The smallest absolute Gasteiger partial charge is 0.251 e. The predicted molar refractivity (Wildman–Crippen MR) is 132 cm³/mol. The third-order valence-corrected chi connectivity index (χ3v) is 6.72. The van der Waals surface area contributed by atoms with Crippen LogP contribution in [0.1, 0.15) is 34.8 Å². The zero-order valence-electron chi connectivity index (χ0n) is 20.1. The van der Waals surface area contributed by atoms with Gasteiger partial charge in [0.2, 0.25) is 0 Å². The zero-order chi connectivity index (χ0) is 27.0. The molecule has 3 N–H and O–H groups in total. The van der Waals surface area contributed by atoms with Crippen LogP contribution in [0.15, 0.2) is 48.5 Å². The largest absolute Gasteiger partial charge is 0.507 e. The lowest BCUT2D eigenvalue weighted by molar-refractivity contribution is 0.0843. The number of carbonyl (C=O) groups is 1. The second kappa shape index (κ2) is 10.5. The van der Waals surface area contributed by atoms with E-state index in [1.807, 2.05) is 0 Å². The molecule has 0 atom stereocenters. The van der Waals surface area contributed by atoms with Gasteiger partial charge in [-0.05, 0) is 43.2 Å². The summed E-state index contributed by atoms with van der Waals surface area (Å²) >= 11 is 0. The van der Waals surface area contributed by atoms with Crippen LogP contribution >= 0.6 is 0 Å². The molecule has 1 aromatic heterocycles. The Bertz CT molecular complexity index is 1530. The van der Waals surface area contributed by atoms with Crippen LogP contribution in [-0.4, -0.2) is 47.1 Å². The van der Waals surface area contributed by atoms with Gasteiger partial charge in [-0.3, -0.25) is 4.79 Å². The number of phenolic OH excluding ortho intramolecular Hbond substituents is 1. The Balaban J connectivity index is 1.82. The number of aliphatic hydroxyl groups excluding tert-OH is 1. The molecule has 0 bridgehead atoms. The van der Waals surface area contributed by atoms with Gasteiger partial charge in [0.15, 0.2) is 11.6 Å². The van der Waals surface area contributed by atoms with Crippen LogP contribution in [0, 0.1) is 23.3 Å². The van der Waals surface area contributed by atoms with E-state index in [0.29, 0.717) is 31.7 Å². The number of hydrogen-bond donors (Lipinski definition) is 3. The monoisotopic (exact) mass is 528 g/mol. The van der Waals surface area contributed by atoms with Crippen molar-refractivity contribution in [1.29, 1.82) is 0 Å². The van der Waals surface area contributed by atoms with Crippen LogP contribution < -0.4 is 5.32 Å². The van der Waals surface area contributed by atoms with E-state index in [1.165, 1.54) is 22.8 Å². The molecule has 0 spiro atoms. The number of carbonyl (C=O) groups excluding carboxylic acids is 1. The number of aromatic nitrogens is 1. The van der Waals surface area contributed by atoms with Crippen LogP contribution in [0.2, 0.25) is 0 Å². The van der Waals surface area contributed by atoms with E-state index >= 15 is 4.39 Å². The summed E-state index contributed by atoms with van der Waals surface area (Å²) in [5.74, 6) is -5.01. The van der Waals surface area contributed by atoms with Gasteiger partial charge in [-0.25, -0.2) is 17.6 Å². The van der Waals surface area contributed by atoms with Crippen molar-refractivity contribution in [2.75, 3.05) is 26.4 Å². The van der Waals surface area contributed by atoms with Gasteiger partial charge in [-0.2, -0.15) is 0 Å². The Kier molecular flexibility index (Phi) is 7.09. The van der Waals surface area contributed by atoms with Gasteiger partial charge in [0.05, 0.1) is 17.5 Å². The van der Waals surface area contributed by atoms with Crippen molar-refractivity contribution >= 4 is 16.8 Å². The Labute approximate surface area is 215 Å². The number of hydrogen-bond acceptors (Lipinski definition) is 4. The van der Waals surface area contributed by atoms with Crippen molar-refractivity contribution in [3.8, 4) is 22.6 Å². The molecule has 38 heavy (non-hydrogen) atoms. The number of benzene rings is 3. The highest BCUT2D eigenvalue weighted by Gasteiger charge is 2.31. The number of ether oxygens (including phenoxy) is 1. The van der Waals surface area contributed by atoms with Crippen molar-refractivity contribution in [3.63, 3.8) is 0 Å². The predicted octanol–water partition coefficient (Wildman–Crippen LogP) is 5.18. The van der Waals surface area contributed by atoms with Gasteiger partial charge in [0.25, 0.3) is 5.91 Å². The summed E-state index contributed by atoms with van der Waals surface area (Å²) in [5.41, 5.74) is 1.12. The molecule has 0 radical (unpaired) electrons. The fourth-order valence-corrected chi connectivity index (χ4v) is 5.04. The zero-order valence-corrected chi connectivity index (χ0v) is 20.1. The first kappa shape index (κ1) is 25.7. The maximum absolute atomic E-state index is 15.7. The number of amides is 1. The Morgan fingerprint density at radius 2 is 1.74 bits per heavy atom. The molecule has 5 rings (SSSR count). The van der Waals surface area contributed by atoms with Gasteiger partial charge in [0, 0.05) is 65.9 Å². The second-order valence-electron chi connectivity index (χ2n) is 9.07. The maximum atomic E-state index is 15.7. The summed E-state index contributed by atoms with van der Waals surface area (Å²) in [6, 6.07) is 9.13. The first-order valence-corrected chi connectivity index (χ1v) is 12.1. The Morgan fingerprint density at radius 3 is 2.42 bits per heavy atom. The molecule has 198 valence electrons. The summed E-state index contributed by atoms with van der Waals surface area (Å²) in [6.45, 7) is 0.518. The summed E-state index contributed by atoms with van der Waals surface area (Å²) in [4.78, 5) is 12.3. The summed E-state index contributed by atoms with van der Waals surface area (Å²) in [7, 11) is 0. The van der Waals surface area contributed by atoms with Gasteiger partial charge in [-0.15, -0.1) is 0 Å². The Morgan fingerprint density at radius 1 is 0.974 bits per heavy atom. The molecule has 1 aliphatic heterocycles. The molecule has 0 saturated carbocycles. The van der Waals surface area contributed by atoms with Gasteiger partial charge >= 0.3 is 0 Å². The molecular formula is C28H24F4N2O4. The average molecular weight is 529 g/mol. The van der Waals surface area contributed by atoms with Gasteiger partial charge in [-0.1, -0.05) is 6.07 Å². The van der Waals surface area contributed by atoms with Crippen LogP contribution in [0.3, 0.4) is 0 Å². The molecule has 1 fully saturated rings. The molecule has 1 saturated heterocycles. The van der Waals surface area contributed by atoms with Crippen LogP contribution in [0.25, 0.3) is 27.7 Å². The number of nitrogens with one attached hydrogen (secondary N) is 1. The molecule has 2 heterocycles. The number of aromatic hydroxyl groups is 1. The standard InChI is InChI=1S/C28H24F4N2O4/c29-17-12-23-26(24(36)13-17)25(19-3-1-16(11-21(19)31)28(37)33-7-8-35)27(15-5-9-38-10-6-15)34(23)18-2-4-20(30)22(32)14-18/h1-4,11-15,35-36H,5-10H2,(H,33,37). The van der Waals surface area contributed by atoms with Crippen molar-refractivity contribution in [3.05, 3.63) is 83.1 Å². The van der Waals surface area contributed by atoms with Gasteiger partial charge < -0.3 is 24.8 Å². The van der Waals surface area contributed by atoms with Crippen LogP contribution in [0.4, 0.5) is 17.6 Å². The lowest BCUT2D eigenvalue weighted by atomic mass is 9.89. The minimum Gasteiger partial charge on any atom is -0.507 e. The average Bonchev–Trinajstić information content (AvgIpc) is 3.24. The van der Waals surface area contributed by atoms with E-state index in [1.54, 1.807) is 0 Å². The molecule has 6 nitrogen and oxygen atoms in total. The van der Waals surface area contributed by atoms with Crippen molar-refractivity contribution in [2.24, 2.45) is 0 Å². The minimum absolute atomic E-state index is 0.00272. The SMILES string of the molecule is O=C(NCCO)c1ccc(-c2c(C3CCOCC3)n(-c3ccc(F)c(F)c3)c3cc(F)cc(O)c23)c(F)c1. The fraction of sp³-hybridized carbons (Fsp3) is 0.250. The lowest BCUT2D eigenvalue weighted by Crippen LogP contribution is -2.26. The maximum Gasteiger partial charge on any atom is 0.251 e. The molecular weight excluding hydrogens is 504 g/mol. The highest BCUT2D eigenvalue weighted by Crippen LogP contribution is 2.47. The normalized spacial score (nSPS) is 14.2. The minimum atomic E-state index is -1.12. The van der Waals surface area contributed by atoms with E-state index < -0.39 is 34.9 Å². The fourth-order valence-electron chi connectivity index (χ4n) is 5.04. The van der Waals surface area contributed by atoms with Crippen LogP contribution in [0.5, 0.6) is 5.75 Å². The molecule has 3 aromatic carbocycles. The van der Waals surface area contributed by atoms with Crippen molar-refractivity contribution in [1.82, 2.24) is 9.88 Å². The molecule has 1 amide bonds. The molecule has 10 heteroatoms. The van der Waals surface area contributed by atoms with Crippen LogP contribution in [-0.2, 0) is 4.74 Å². The summed E-state index contributed by atoms with van der Waals surface area (Å²) < 4.78 is 65.5. The summed E-state index contributed by atoms with van der Waals surface area (Å²) in [6.07, 6.45) is 1.03. The Hall–Kier alpha value is -3.89. The van der Waals surface area contributed by atoms with E-state index in [9.17, 15) is 23.1 Å². The molecule has 1 aliphatic rings. The van der Waals surface area contributed by atoms with E-state index in [0.717, 1.165) is 30.3 Å². The second-order valence-corrected chi connectivity index (χ2v) is 9.07.